The fourth-order valence-electron chi connectivity index (χ4n) is 1.15. The summed E-state index contributed by atoms with van der Waals surface area (Å²) in [6.07, 6.45) is 9.65. The standard InChI is InChI=1S/C7H11N/c1-2-7(8)5-3-4-6-7/h1H,3-6,8H2. The minimum Gasteiger partial charge on any atom is -0.315 e. The number of hydrogen-bond acceptors (Lipinski definition) is 1. The van der Waals surface area contributed by atoms with Crippen LogP contribution in [0, 0.1) is 12.3 Å². The van der Waals surface area contributed by atoms with Crippen LogP contribution in [-0.4, -0.2) is 5.54 Å². The second kappa shape index (κ2) is 1.80. The molecule has 1 saturated carbocycles. The third-order valence-electron chi connectivity index (χ3n) is 1.78. The van der Waals surface area contributed by atoms with Gasteiger partial charge in [0.1, 0.15) is 0 Å². The minimum absolute atomic E-state index is 0.236. The fourth-order valence-corrected chi connectivity index (χ4v) is 1.15. The van der Waals surface area contributed by atoms with Gasteiger partial charge in [-0.15, -0.1) is 6.42 Å². The Kier molecular flexibility index (Phi) is 1.27. The molecule has 0 aromatic carbocycles. The van der Waals surface area contributed by atoms with Crippen LogP contribution in [0.25, 0.3) is 0 Å². The van der Waals surface area contributed by atoms with Crippen molar-refractivity contribution < 1.29 is 0 Å². The van der Waals surface area contributed by atoms with Crippen molar-refractivity contribution >= 4 is 0 Å². The van der Waals surface area contributed by atoms with Gasteiger partial charge in [0.25, 0.3) is 0 Å². The Bertz CT molecular complexity index is 115. The molecule has 2 N–H and O–H groups in total. The average Bonchev–Trinajstić information content (AvgIpc) is 2.17. The smallest absolute Gasteiger partial charge is 0.0773 e. The minimum atomic E-state index is -0.236. The summed E-state index contributed by atoms with van der Waals surface area (Å²) >= 11 is 0. The zero-order valence-corrected chi connectivity index (χ0v) is 4.98. The molecule has 1 fully saturated rings. The zero-order chi connectivity index (χ0) is 6.04. The molecule has 0 aromatic heterocycles. The third-order valence-corrected chi connectivity index (χ3v) is 1.78. The zero-order valence-electron chi connectivity index (χ0n) is 4.98. The Hall–Kier alpha value is -0.480. The molecule has 0 spiro atoms. The van der Waals surface area contributed by atoms with E-state index in [4.69, 9.17) is 12.2 Å². The summed E-state index contributed by atoms with van der Waals surface area (Å²) < 4.78 is 0. The molecule has 0 unspecified atom stereocenters. The molecule has 0 heterocycles. The maximum Gasteiger partial charge on any atom is 0.0773 e. The lowest BCUT2D eigenvalue weighted by Crippen LogP contribution is -2.33. The summed E-state index contributed by atoms with van der Waals surface area (Å²) in [6.45, 7) is 0. The van der Waals surface area contributed by atoms with Gasteiger partial charge in [-0.2, -0.15) is 0 Å². The highest BCUT2D eigenvalue weighted by atomic mass is 14.7. The van der Waals surface area contributed by atoms with E-state index >= 15 is 0 Å². The van der Waals surface area contributed by atoms with Crippen molar-refractivity contribution in [3.05, 3.63) is 0 Å². The summed E-state index contributed by atoms with van der Waals surface area (Å²) in [6, 6.07) is 0. The number of rotatable bonds is 0. The lowest BCUT2D eigenvalue weighted by atomic mass is 10.0. The molecule has 0 radical (unpaired) electrons. The molecule has 0 atom stereocenters. The van der Waals surface area contributed by atoms with Crippen LogP contribution < -0.4 is 5.73 Å². The molecule has 1 rings (SSSR count). The topological polar surface area (TPSA) is 26.0 Å². The molecule has 44 valence electrons. The summed E-state index contributed by atoms with van der Waals surface area (Å²) in [4.78, 5) is 0. The fraction of sp³-hybridized carbons (Fsp3) is 0.714. The summed E-state index contributed by atoms with van der Waals surface area (Å²) in [5, 5.41) is 0. The van der Waals surface area contributed by atoms with E-state index in [2.05, 4.69) is 5.92 Å². The van der Waals surface area contributed by atoms with E-state index in [0.717, 1.165) is 12.8 Å². The largest absolute Gasteiger partial charge is 0.315 e. The van der Waals surface area contributed by atoms with E-state index in [1.54, 1.807) is 0 Å². The lowest BCUT2D eigenvalue weighted by molar-refractivity contribution is 0.573. The molecule has 1 aliphatic carbocycles. The maximum atomic E-state index is 5.72. The first-order valence-electron chi connectivity index (χ1n) is 3.03. The molecule has 8 heavy (non-hydrogen) atoms. The Morgan fingerprint density at radius 3 is 2.12 bits per heavy atom. The molecule has 0 aliphatic heterocycles. The Morgan fingerprint density at radius 1 is 1.38 bits per heavy atom. The van der Waals surface area contributed by atoms with Crippen LogP contribution in [0.4, 0.5) is 0 Å². The molecular formula is C7H11N. The third kappa shape index (κ3) is 0.850. The molecule has 1 heteroatoms. The van der Waals surface area contributed by atoms with Gasteiger partial charge in [-0.25, -0.2) is 0 Å². The van der Waals surface area contributed by atoms with E-state index in [1.165, 1.54) is 12.8 Å². The van der Waals surface area contributed by atoms with Crippen LogP contribution in [0.3, 0.4) is 0 Å². The van der Waals surface area contributed by atoms with Crippen molar-refractivity contribution in [3.8, 4) is 12.3 Å². The highest BCUT2D eigenvalue weighted by Gasteiger charge is 2.25. The summed E-state index contributed by atoms with van der Waals surface area (Å²) in [5.41, 5.74) is 5.49. The van der Waals surface area contributed by atoms with E-state index in [-0.39, 0.29) is 5.54 Å². The van der Waals surface area contributed by atoms with Crippen molar-refractivity contribution in [2.75, 3.05) is 0 Å². The van der Waals surface area contributed by atoms with E-state index in [9.17, 15) is 0 Å². The predicted molar refractivity (Wildman–Crippen MR) is 34.2 cm³/mol. The Morgan fingerprint density at radius 2 is 1.88 bits per heavy atom. The number of nitrogens with two attached hydrogens (primary N) is 1. The van der Waals surface area contributed by atoms with Crippen molar-refractivity contribution in [1.29, 1.82) is 0 Å². The van der Waals surface area contributed by atoms with Gasteiger partial charge in [0.2, 0.25) is 0 Å². The molecule has 0 aromatic rings. The summed E-state index contributed by atoms with van der Waals surface area (Å²) in [5.74, 6) is 2.62. The first-order valence-corrected chi connectivity index (χ1v) is 3.03. The van der Waals surface area contributed by atoms with Crippen molar-refractivity contribution in [2.24, 2.45) is 5.73 Å². The van der Waals surface area contributed by atoms with Gasteiger partial charge in [-0.1, -0.05) is 18.8 Å². The normalized spacial score (nSPS) is 25.0. The first-order chi connectivity index (χ1) is 3.77. The first kappa shape index (κ1) is 5.65. The van der Waals surface area contributed by atoms with Gasteiger partial charge in [-0.05, 0) is 12.8 Å². The Balaban J connectivity index is 2.56. The van der Waals surface area contributed by atoms with Crippen molar-refractivity contribution in [2.45, 2.75) is 31.2 Å². The Labute approximate surface area is 50.3 Å². The summed E-state index contributed by atoms with van der Waals surface area (Å²) in [7, 11) is 0. The second-order valence-corrected chi connectivity index (χ2v) is 2.51. The van der Waals surface area contributed by atoms with Gasteiger partial charge in [0.15, 0.2) is 0 Å². The van der Waals surface area contributed by atoms with Crippen LogP contribution in [-0.2, 0) is 0 Å². The van der Waals surface area contributed by atoms with E-state index < -0.39 is 0 Å². The predicted octanol–water partition coefficient (Wildman–Crippen LogP) is 0.891. The van der Waals surface area contributed by atoms with Gasteiger partial charge >= 0.3 is 0 Å². The molecular weight excluding hydrogens is 98.1 g/mol. The molecule has 1 nitrogen and oxygen atoms in total. The van der Waals surface area contributed by atoms with Gasteiger partial charge in [0.05, 0.1) is 5.54 Å². The van der Waals surface area contributed by atoms with Gasteiger partial charge < -0.3 is 5.73 Å². The highest BCUT2D eigenvalue weighted by molar-refractivity contribution is 5.12. The van der Waals surface area contributed by atoms with Crippen molar-refractivity contribution in [1.82, 2.24) is 0 Å². The lowest BCUT2D eigenvalue weighted by Gasteiger charge is -2.13. The monoisotopic (exact) mass is 109 g/mol. The molecule has 0 saturated heterocycles. The molecule has 0 amide bonds. The van der Waals surface area contributed by atoms with Crippen LogP contribution in [0.2, 0.25) is 0 Å². The van der Waals surface area contributed by atoms with Crippen LogP contribution in [0.15, 0.2) is 0 Å². The highest BCUT2D eigenvalue weighted by Crippen LogP contribution is 2.25. The number of hydrogen-bond donors (Lipinski definition) is 1. The quantitative estimate of drug-likeness (QED) is 0.459. The SMILES string of the molecule is C#CC1(N)CCCC1. The van der Waals surface area contributed by atoms with Gasteiger partial charge in [0, 0.05) is 0 Å². The second-order valence-electron chi connectivity index (χ2n) is 2.51. The van der Waals surface area contributed by atoms with Crippen LogP contribution >= 0.6 is 0 Å². The number of terminal acetylenes is 1. The van der Waals surface area contributed by atoms with E-state index in [0.29, 0.717) is 0 Å². The maximum absolute atomic E-state index is 5.72. The van der Waals surface area contributed by atoms with E-state index in [1.807, 2.05) is 0 Å². The van der Waals surface area contributed by atoms with Crippen LogP contribution in [0.5, 0.6) is 0 Å². The van der Waals surface area contributed by atoms with Gasteiger partial charge in [-0.3, -0.25) is 0 Å². The van der Waals surface area contributed by atoms with Crippen molar-refractivity contribution in [3.63, 3.8) is 0 Å². The molecule has 1 aliphatic rings. The molecule has 0 bridgehead atoms. The average molecular weight is 109 g/mol. The van der Waals surface area contributed by atoms with Crippen LogP contribution in [0.1, 0.15) is 25.7 Å².